The zero-order valence-electron chi connectivity index (χ0n) is 17.8. The number of aromatic nitrogens is 2. The number of amides is 1. The molecular formula is C24H26FN3O2S. The summed E-state index contributed by atoms with van der Waals surface area (Å²) in [5.41, 5.74) is 1.25. The van der Waals surface area contributed by atoms with E-state index in [2.05, 4.69) is 18.8 Å². The van der Waals surface area contributed by atoms with E-state index in [4.69, 9.17) is 0 Å². The molecule has 1 amide bonds. The fourth-order valence-electron chi connectivity index (χ4n) is 4.25. The van der Waals surface area contributed by atoms with Crippen LogP contribution in [0.2, 0.25) is 0 Å². The Kier molecular flexibility index (Phi) is 6.41. The highest BCUT2D eigenvalue weighted by molar-refractivity contribution is 7.99. The maximum atomic E-state index is 13.3. The number of rotatable bonds is 5. The van der Waals surface area contributed by atoms with Gasteiger partial charge in [-0.25, -0.2) is 9.37 Å². The van der Waals surface area contributed by atoms with Crippen molar-refractivity contribution in [1.29, 1.82) is 0 Å². The van der Waals surface area contributed by atoms with Crippen LogP contribution in [0.3, 0.4) is 0 Å². The Balaban J connectivity index is 1.61. The predicted molar refractivity (Wildman–Crippen MR) is 122 cm³/mol. The Bertz CT molecular complexity index is 1140. The zero-order valence-corrected chi connectivity index (χ0v) is 18.6. The van der Waals surface area contributed by atoms with Gasteiger partial charge in [-0.1, -0.05) is 49.9 Å². The van der Waals surface area contributed by atoms with Crippen molar-refractivity contribution in [1.82, 2.24) is 14.5 Å². The number of nitrogens with zero attached hydrogens (tertiary/aromatic N) is 3. The molecule has 2 atom stereocenters. The van der Waals surface area contributed by atoms with Gasteiger partial charge in [-0.15, -0.1) is 0 Å². The van der Waals surface area contributed by atoms with Gasteiger partial charge in [0.2, 0.25) is 5.91 Å². The molecule has 2 heterocycles. The third-order valence-electron chi connectivity index (χ3n) is 5.63. The van der Waals surface area contributed by atoms with Gasteiger partial charge in [0.25, 0.3) is 5.56 Å². The number of hydrogen-bond donors (Lipinski definition) is 0. The fourth-order valence-corrected chi connectivity index (χ4v) is 5.16. The third-order valence-corrected chi connectivity index (χ3v) is 6.59. The Morgan fingerprint density at radius 1 is 1.10 bits per heavy atom. The second kappa shape index (κ2) is 9.22. The lowest BCUT2D eigenvalue weighted by molar-refractivity contribution is -0.130. The van der Waals surface area contributed by atoms with E-state index < -0.39 is 0 Å². The first kappa shape index (κ1) is 21.6. The summed E-state index contributed by atoms with van der Waals surface area (Å²) in [6, 6.07) is 13.3. The standard InChI is InChI=1S/C24H26FN3O2S/c1-16-11-17(2)13-27(12-16)22(29)15-31-24-26-21-6-4-3-5-20(21)23(30)28(24)14-18-7-9-19(25)10-8-18/h3-10,16-17H,11-15H2,1-2H3. The topological polar surface area (TPSA) is 55.2 Å². The lowest BCUT2D eigenvalue weighted by Crippen LogP contribution is -2.43. The van der Waals surface area contributed by atoms with E-state index in [0.29, 0.717) is 27.9 Å². The third kappa shape index (κ3) is 4.98. The van der Waals surface area contributed by atoms with E-state index >= 15 is 0 Å². The van der Waals surface area contributed by atoms with Crippen molar-refractivity contribution in [2.24, 2.45) is 11.8 Å². The molecule has 1 aromatic heterocycles. The summed E-state index contributed by atoms with van der Waals surface area (Å²) >= 11 is 1.29. The summed E-state index contributed by atoms with van der Waals surface area (Å²) in [7, 11) is 0. The fraction of sp³-hybridized carbons (Fsp3) is 0.375. The summed E-state index contributed by atoms with van der Waals surface area (Å²) in [6.45, 7) is 6.17. The predicted octanol–water partition coefficient (Wildman–Crippen LogP) is 4.18. The number of thioether (sulfide) groups is 1. The largest absolute Gasteiger partial charge is 0.341 e. The van der Waals surface area contributed by atoms with Crippen molar-refractivity contribution < 1.29 is 9.18 Å². The van der Waals surface area contributed by atoms with Gasteiger partial charge in [0.1, 0.15) is 5.82 Å². The smallest absolute Gasteiger partial charge is 0.262 e. The molecule has 1 saturated heterocycles. The molecule has 0 aliphatic carbocycles. The zero-order chi connectivity index (χ0) is 22.0. The molecule has 0 bridgehead atoms. The highest BCUT2D eigenvalue weighted by atomic mass is 32.2. The highest BCUT2D eigenvalue weighted by Crippen LogP contribution is 2.24. The van der Waals surface area contributed by atoms with E-state index in [0.717, 1.165) is 25.1 Å². The van der Waals surface area contributed by atoms with E-state index in [1.54, 1.807) is 28.8 Å². The van der Waals surface area contributed by atoms with Gasteiger partial charge in [0.15, 0.2) is 5.16 Å². The van der Waals surface area contributed by atoms with Crippen LogP contribution in [0.25, 0.3) is 10.9 Å². The summed E-state index contributed by atoms with van der Waals surface area (Å²) in [4.78, 5) is 32.7. The number of carbonyl (C=O) groups excluding carboxylic acids is 1. The molecule has 0 spiro atoms. The van der Waals surface area contributed by atoms with Crippen LogP contribution in [0.4, 0.5) is 4.39 Å². The quantitative estimate of drug-likeness (QED) is 0.442. The first-order valence-electron chi connectivity index (χ1n) is 10.6. The van der Waals surface area contributed by atoms with Crippen LogP contribution in [0.5, 0.6) is 0 Å². The van der Waals surface area contributed by atoms with Crippen LogP contribution >= 0.6 is 11.8 Å². The number of piperidine rings is 1. The van der Waals surface area contributed by atoms with Crippen LogP contribution in [0.1, 0.15) is 25.8 Å². The molecule has 1 fully saturated rings. The lowest BCUT2D eigenvalue weighted by Gasteiger charge is -2.35. The Hall–Kier alpha value is -2.67. The molecule has 7 heteroatoms. The molecule has 0 radical (unpaired) electrons. The second-order valence-electron chi connectivity index (χ2n) is 8.46. The normalized spacial score (nSPS) is 19.0. The summed E-state index contributed by atoms with van der Waals surface area (Å²) in [5.74, 6) is 0.964. The van der Waals surface area contributed by atoms with Gasteiger partial charge in [-0.2, -0.15) is 0 Å². The Morgan fingerprint density at radius 3 is 2.48 bits per heavy atom. The average molecular weight is 440 g/mol. The number of likely N-dealkylation sites (tertiary alicyclic amines) is 1. The molecule has 5 nitrogen and oxygen atoms in total. The second-order valence-corrected chi connectivity index (χ2v) is 9.41. The van der Waals surface area contributed by atoms with Gasteiger partial charge in [0.05, 0.1) is 23.2 Å². The highest BCUT2D eigenvalue weighted by Gasteiger charge is 2.25. The van der Waals surface area contributed by atoms with Crippen molar-refractivity contribution >= 4 is 28.6 Å². The SMILES string of the molecule is CC1CC(C)CN(C(=O)CSc2nc3ccccc3c(=O)n2Cc2ccc(F)cc2)C1. The monoisotopic (exact) mass is 439 g/mol. The van der Waals surface area contributed by atoms with Gasteiger partial charge in [0, 0.05) is 13.1 Å². The number of carbonyl (C=O) groups is 1. The molecule has 1 aliphatic rings. The number of para-hydroxylation sites is 1. The molecule has 0 N–H and O–H groups in total. The van der Waals surface area contributed by atoms with Gasteiger partial charge in [-0.05, 0) is 48.1 Å². The number of halogens is 1. The van der Waals surface area contributed by atoms with Crippen molar-refractivity contribution in [3.63, 3.8) is 0 Å². The van der Waals surface area contributed by atoms with E-state index in [1.165, 1.54) is 23.9 Å². The maximum Gasteiger partial charge on any atom is 0.262 e. The molecule has 162 valence electrons. The molecule has 1 aliphatic heterocycles. The van der Waals surface area contributed by atoms with Crippen molar-refractivity contribution in [2.75, 3.05) is 18.8 Å². The minimum atomic E-state index is -0.321. The molecule has 3 aromatic rings. The molecule has 4 rings (SSSR count). The number of fused-ring (bicyclic) bond motifs is 1. The van der Waals surface area contributed by atoms with Crippen molar-refractivity contribution in [3.05, 3.63) is 70.3 Å². The van der Waals surface area contributed by atoms with E-state index in [1.807, 2.05) is 17.0 Å². The van der Waals surface area contributed by atoms with Crippen LogP contribution in [0, 0.1) is 17.7 Å². The molecule has 0 saturated carbocycles. The van der Waals surface area contributed by atoms with Gasteiger partial charge < -0.3 is 4.90 Å². The van der Waals surface area contributed by atoms with E-state index in [-0.39, 0.29) is 29.6 Å². The number of benzene rings is 2. The minimum absolute atomic E-state index is 0.0686. The first-order chi connectivity index (χ1) is 14.9. The van der Waals surface area contributed by atoms with Gasteiger partial charge in [-0.3, -0.25) is 14.2 Å². The van der Waals surface area contributed by atoms with Crippen LogP contribution in [-0.2, 0) is 11.3 Å². The maximum absolute atomic E-state index is 13.3. The van der Waals surface area contributed by atoms with Gasteiger partial charge >= 0.3 is 0 Å². The van der Waals surface area contributed by atoms with Crippen LogP contribution in [-0.4, -0.2) is 39.2 Å². The first-order valence-corrected chi connectivity index (χ1v) is 11.5. The molecule has 2 unspecified atom stereocenters. The summed E-state index contributed by atoms with van der Waals surface area (Å²) < 4.78 is 14.9. The number of hydrogen-bond acceptors (Lipinski definition) is 4. The average Bonchev–Trinajstić information content (AvgIpc) is 2.75. The minimum Gasteiger partial charge on any atom is -0.341 e. The summed E-state index contributed by atoms with van der Waals surface area (Å²) in [6.07, 6.45) is 1.14. The molecule has 2 aromatic carbocycles. The Labute approximate surface area is 185 Å². The van der Waals surface area contributed by atoms with E-state index in [9.17, 15) is 14.0 Å². The van der Waals surface area contributed by atoms with Crippen molar-refractivity contribution in [2.45, 2.75) is 32.0 Å². The van der Waals surface area contributed by atoms with Crippen LogP contribution < -0.4 is 5.56 Å². The molecule has 31 heavy (non-hydrogen) atoms. The Morgan fingerprint density at radius 2 is 1.77 bits per heavy atom. The van der Waals surface area contributed by atoms with Crippen LogP contribution in [0.15, 0.2) is 58.5 Å². The lowest BCUT2D eigenvalue weighted by atomic mass is 9.92. The molecular weight excluding hydrogens is 413 g/mol. The van der Waals surface area contributed by atoms with Crippen molar-refractivity contribution in [3.8, 4) is 0 Å². The summed E-state index contributed by atoms with van der Waals surface area (Å²) in [5, 5.41) is 1.03.